The number of rotatable bonds is 5. The SMILES string of the molecule is O=C(O)c1c(OCc2cc(Br)cs2)cccc1[N+](=O)[O-]. The Hall–Kier alpha value is -1.93. The summed E-state index contributed by atoms with van der Waals surface area (Å²) in [6.45, 7) is 0.151. The summed E-state index contributed by atoms with van der Waals surface area (Å²) >= 11 is 4.74. The zero-order valence-corrected chi connectivity index (χ0v) is 12.3. The molecule has 0 aliphatic rings. The second-order valence-electron chi connectivity index (χ2n) is 3.73. The van der Waals surface area contributed by atoms with Crippen molar-refractivity contribution in [2.45, 2.75) is 6.61 Å². The summed E-state index contributed by atoms with van der Waals surface area (Å²) in [6, 6.07) is 5.77. The van der Waals surface area contributed by atoms with Gasteiger partial charge in [-0.1, -0.05) is 6.07 Å². The first-order valence-electron chi connectivity index (χ1n) is 5.35. The lowest BCUT2D eigenvalue weighted by molar-refractivity contribution is -0.385. The highest BCUT2D eigenvalue weighted by Crippen LogP contribution is 2.29. The van der Waals surface area contributed by atoms with Crippen molar-refractivity contribution in [2.75, 3.05) is 0 Å². The van der Waals surface area contributed by atoms with Crippen LogP contribution in [0.1, 0.15) is 15.2 Å². The van der Waals surface area contributed by atoms with Gasteiger partial charge in [0.1, 0.15) is 12.4 Å². The van der Waals surface area contributed by atoms with E-state index in [1.165, 1.54) is 23.5 Å². The number of nitro groups is 1. The van der Waals surface area contributed by atoms with Crippen LogP contribution in [0.4, 0.5) is 5.69 Å². The van der Waals surface area contributed by atoms with E-state index in [1.807, 2.05) is 11.4 Å². The van der Waals surface area contributed by atoms with Crippen LogP contribution >= 0.6 is 27.3 Å². The molecule has 0 unspecified atom stereocenters. The Morgan fingerprint density at radius 3 is 2.80 bits per heavy atom. The largest absolute Gasteiger partial charge is 0.487 e. The van der Waals surface area contributed by atoms with E-state index in [0.717, 1.165) is 15.4 Å². The maximum Gasteiger partial charge on any atom is 0.346 e. The van der Waals surface area contributed by atoms with Gasteiger partial charge in [0.25, 0.3) is 5.69 Å². The molecule has 0 aliphatic carbocycles. The summed E-state index contributed by atoms with van der Waals surface area (Å²) in [5.74, 6) is -1.41. The molecule has 20 heavy (non-hydrogen) atoms. The van der Waals surface area contributed by atoms with E-state index in [4.69, 9.17) is 9.84 Å². The van der Waals surface area contributed by atoms with Crippen LogP contribution in [0.2, 0.25) is 0 Å². The van der Waals surface area contributed by atoms with Crippen molar-refractivity contribution in [3.8, 4) is 5.75 Å². The number of carboxylic acid groups (broad SMARTS) is 1. The van der Waals surface area contributed by atoms with Crippen LogP contribution in [0, 0.1) is 10.1 Å². The predicted octanol–water partition coefficient (Wildman–Crippen LogP) is 3.70. The zero-order chi connectivity index (χ0) is 14.7. The zero-order valence-electron chi connectivity index (χ0n) is 9.91. The molecule has 2 aromatic rings. The number of hydrogen-bond acceptors (Lipinski definition) is 5. The summed E-state index contributed by atoms with van der Waals surface area (Å²) in [5.41, 5.74) is -0.921. The van der Waals surface area contributed by atoms with Crippen LogP contribution in [0.5, 0.6) is 5.75 Å². The highest BCUT2D eigenvalue weighted by atomic mass is 79.9. The summed E-state index contributed by atoms with van der Waals surface area (Å²) in [7, 11) is 0. The molecule has 2 rings (SSSR count). The van der Waals surface area contributed by atoms with E-state index in [1.54, 1.807) is 0 Å². The molecule has 1 heterocycles. The lowest BCUT2D eigenvalue weighted by Gasteiger charge is -2.08. The Labute approximate surface area is 125 Å². The number of nitro benzene ring substituents is 1. The minimum atomic E-state index is -1.39. The standard InChI is InChI=1S/C12H8BrNO5S/c13-7-4-8(20-6-7)5-19-10-3-1-2-9(14(17)18)11(10)12(15)16/h1-4,6H,5H2,(H,15,16). The molecule has 104 valence electrons. The van der Waals surface area contributed by atoms with Crippen LogP contribution in [-0.2, 0) is 6.61 Å². The summed E-state index contributed by atoms with van der Waals surface area (Å²) in [4.78, 5) is 22.1. The summed E-state index contributed by atoms with van der Waals surface area (Å²) < 4.78 is 6.29. The van der Waals surface area contributed by atoms with Crippen molar-refractivity contribution < 1.29 is 19.6 Å². The number of ether oxygens (including phenoxy) is 1. The Balaban J connectivity index is 2.29. The van der Waals surface area contributed by atoms with Crippen LogP contribution in [0.15, 0.2) is 34.1 Å². The molecule has 1 aromatic heterocycles. The monoisotopic (exact) mass is 357 g/mol. The van der Waals surface area contributed by atoms with Crippen molar-refractivity contribution in [3.63, 3.8) is 0 Å². The molecule has 0 saturated carbocycles. The quantitative estimate of drug-likeness (QED) is 0.650. The lowest BCUT2D eigenvalue weighted by Crippen LogP contribution is -2.06. The molecule has 0 saturated heterocycles. The van der Waals surface area contributed by atoms with Crippen LogP contribution in [-0.4, -0.2) is 16.0 Å². The minimum absolute atomic E-state index is 0.0174. The molecule has 0 aliphatic heterocycles. The van der Waals surface area contributed by atoms with E-state index in [9.17, 15) is 14.9 Å². The van der Waals surface area contributed by atoms with Gasteiger partial charge in [-0.15, -0.1) is 11.3 Å². The third kappa shape index (κ3) is 3.14. The third-order valence-corrected chi connectivity index (χ3v) is 4.08. The van der Waals surface area contributed by atoms with Crippen LogP contribution in [0.25, 0.3) is 0 Å². The minimum Gasteiger partial charge on any atom is -0.487 e. The van der Waals surface area contributed by atoms with Crippen molar-refractivity contribution in [1.82, 2.24) is 0 Å². The Kier molecular flexibility index (Phi) is 4.35. The number of benzene rings is 1. The second-order valence-corrected chi connectivity index (χ2v) is 5.64. The van der Waals surface area contributed by atoms with Gasteiger partial charge in [-0.05, 0) is 28.1 Å². The van der Waals surface area contributed by atoms with Gasteiger partial charge in [0.2, 0.25) is 0 Å². The van der Waals surface area contributed by atoms with E-state index >= 15 is 0 Å². The summed E-state index contributed by atoms with van der Waals surface area (Å²) in [6.07, 6.45) is 0. The number of thiophene rings is 1. The molecule has 0 fully saturated rings. The highest BCUT2D eigenvalue weighted by Gasteiger charge is 2.24. The smallest absolute Gasteiger partial charge is 0.346 e. The summed E-state index contributed by atoms with van der Waals surface area (Å²) in [5, 5.41) is 21.8. The fourth-order valence-corrected chi connectivity index (χ4v) is 2.95. The molecule has 0 spiro atoms. The first-order chi connectivity index (χ1) is 9.49. The molecule has 1 aromatic carbocycles. The number of halogens is 1. The Morgan fingerprint density at radius 1 is 1.50 bits per heavy atom. The molecule has 0 amide bonds. The molecule has 8 heteroatoms. The maximum atomic E-state index is 11.2. The molecular formula is C12H8BrNO5S. The van der Waals surface area contributed by atoms with Crippen LogP contribution < -0.4 is 4.74 Å². The number of nitrogens with zero attached hydrogens (tertiary/aromatic N) is 1. The number of carbonyl (C=O) groups is 1. The Bertz CT molecular complexity index is 670. The Morgan fingerprint density at radius 2 is 2.25 bits per heavy atom. The van der Waals surface area contributed by atoms with Crippen molar-refractivity contribution in [1.29, 1.82) is 0 Å². The van der Waals surface area contributed by atoms with Gasteiger partial charge < -0.3 is 9.84 Å². The normalized spacial score (nSPS) is 10.2. The van der Waals surface area contributed by atoms with E-state index in [-0.39, 0.29) is 12.4 Å². The number of hydrogen-bond donors (Lipinski definition) is 1. The number of aromatic carboxylic acids is 1. The lowest BCUT2D eigenvalue weighted by atomic mass is 10.1. The third-order valence-electron chi connectivity index (χ3n) is 2.41. The van der Waals surface area contributed by atoms with Gasteiger partial charge >= 0.3 is 5.97 Å². The molecule has 0 radical (unpaired) electrons. The van der Waals surface area contributed by atoms with Gasteiger partial charge in [0.15, 0.2) is 5.56 Å². The fourth-order valence-electron chi connectivity index (χ4n) is 1.59. The van der Waals surface area contributed by atoms with Crippen molar-refractivity contribution in [2.24, 2.45) is 0 Å². The second kappa shape index (κ2) is 6.02. The van der Waals surface area contributed by atoms with E-state index in [0.29, 0.717) is 0 Å². The molecule has 1 N–H and O–H groups in total. The average Bonchev–Trinajstić information content (AvgIpc) is 2.81. The predicted molar refractivity (Wildman–Crippen MR) is 76.4 cm³/mol. The maximum absolute atomic E-state index is 11.2. The fraction of sp³-hybridized carbons (Fsp3) is 0.0833. The molecule has 0 bridgehead atoms. The first-order valence-corrected chi connectivity index (χ1v) is 7.02. The molecule has 0 atom stereocenters. The molecule has 6 nitrogen and oxygen atoms in total. The van der Waals surface area contributed by atoms with E-state index in [2.05, 4.69) is 15.9 Å². The van der Waals surface area contributed by atoms with Gasteiger partial charge in [0, 0.05) is 20.8 Å². The van der Waals surface area contributed by atoms with Crippen LogP contribution in [0.3, 0.4) is 0 Å². The first kappa shape index (κ1) is 14.5. The van der Waals surface area contributed by atoms with Crippen molar-refractivity contribution in [3.05, 3.63) is 54.7 Å². The van der Waals surface area contributed by atoms with E-state index < -0.39 is 22.1 Å². The molecular weight excluding hydrogens is 350 g/mol. The average molecular weight is 358 g/mol. The van der Waals surface area contributed by atoms with Gasteiger partial charge in [-0.3, -0.25) is 10.1 Å². The van der Waals surface area contributed by atoms with Gasteiger partial charge in [-0.25, -0.2) is 4.79 Å². The topological polar surface area (TPSA) is 89.7 Å². The number of carboxylic acids is 1. The van der Waals surface area contributed by atoms with Crippen molar-refractivity contribution >= 4 is 38.9 Å². The highest BCUT2D eigenvalue weighted by molar-refractivity contribution is 9.10. The van der Waals surface area contributed by atoms with Gasteiger partial charge in [-0.2, -0.15) is 0 Å². The van der Waals surface area contributed by atoms with Gasteiger partial charge in [0.05, 0.1) is 4.92 Å².